The van der Waals surface area contributed by atoms with Crippen molar-refractivity contribution in [2.24, 2.45) is 0 Å². The van der Waals surface area contributed by atoms with Gasteiger partial charge in [0, 0.05) is 12.1 Å². The van der Waals surface area contributed by atoms with E-state index >= 15 is 0 Å². The first-order valence-corrected chi connectivity index (χ1v) is 5.51. The molecule has 0 atom stereocenters. The molecule has 0 aliphatic carbocycles. The fraction of sp³-hybridized carbons (Fsp3) is 0.273. The van der Waals surface area contributed by atoms with E-state index in [0.717, 1.165) is 0 Å². The maximum Gasteiger partial charge on any atom is 0.146 e. The Morgan fingerprint density at radius 2 is 2.00 bits per heavy atom. The largest absolute Gasteiger partial charge is 0.495 e. The second kappa shape index (κ2) is 5.24. The van der Waals surface area contributed by atoms with E-state index in [2.05, 4.69) is 10.3 Å². The van der Waals surface area contributed by atoms with E-state index in [0.29, 0.717) is 27.9 Å². The molecule has 7 heteroatoms. The normalized spacial score (nSPS) is 10.4. The number of aromatic nitrogens is 3. The Morgan fingerprint density at radius 1 is 1.28 bits per heavy atom. The van der Waals surface area contributed by atoms with Gasteiger partial charge in [0.25, 0.3) is 0 Å². The summed E-state index contributed by atoms with van der Waals surface area (Å²) in [7, 11) is 3.04. The lowest BCUT2D eigenvalue weighted by Gasteiger charge is -2.12. The first-order valence-electron chi connectivity index (χ1n) is 5.13. The zero-order valence-electron chi connectivity index (χ0n) is 9.92. The molecule has 0 unspecified atom stereocenters. The van der Waals surface area contributed by atoms with Gasteiger partial charge in [-0.15, -0.1) is 5.10 Å². The number of methoxy groups -OCH3 is 2. The smallest absolute Gasteiger partial charge is 0.146 e. The van der Waals surface area contributed by atoms with Crippen LogP contribution in [0.2, 0.25) is 5.02 Å². The van der Waals surface area contributed by atoms with Gasteiger partial charge in [-0.1, -0.05) is 16.8 Å². The van der Waals surface area contributed by atoms with Crippen LogP contribution in [0.5, 0.6) is 11.5 Å². The summed E-state index contributed by atoms with van der Waals surface area (Å²) in [6, 6.07) is 3.30. The van der Waals surface area contributed by atoms with E-state index in [4.69, 9.17) is 21.1 Å². The molecule has 6 nitrogen and oxygen atoms in total. The highest BCUT2D eigenvalue weighted by atomic mass is 35.5. The number of hydrogen-bond donors (Lipinski definition) is 1. The molecule has 0 saturated carbocycles. The molecular formula is C11H12ClN3O3. The third-order valence-corrected chi connectivity index (χ3v) is 2.76. The monoisotopic (exact) mass is 269 g/mol. The lowest BCUT2D eigenvalue weighted by molar-refractivity contribution is 0.272. The van der Waals surface area contributed by atoms with E-state index in [1.807, 2.05) is 0 Å². The Kier molecular flexibility index (Phi) is 3.69. The number of ether oxygens (including phenoxy) is 2. The Labute approximate surface area is 109 Å². The standard InChI is InChI=1S/C11H12ClN3O3/c1-17-10-4-9(11(18-2)3-8(10)12)15-7(6-16)5-13-14-15/h3-5,16H,6H2,1-2H3. The molecule has 1 N–H and O–H groups in total. The van der Waals surface area contributed by atoms with Crippen LogP contribution in [0.15, 0.2) is 18.3 Å². The van der Waals surface area contributed by atoms with Crippen LogP contribution in [0.25, 0.3) is 5.69 Å². The van der Waals surface area contributed by atoms with Gasteiger partial charge in [0.05, 0.1) is 37.7 Å². The SMILES string of the molecule is COc1cc(-n2nncc2CO)c(OC)cc1Cl. The Balaban J connectivity index is 2.62. The molecule has 96 valence electrons. The molecular weight excluding hydrogens is 258 g/mol. The predicted octanol–water partition coefficient (Wildman–Crippen LogP) is 1.43. The lowest BCUT2D eigenvalue weighted by Crippen LogP contribution is -2.05. The van der Waals surface area contributed by atoms with Crippen molar-refractivity contribution >= 4 is 11.6 Å². The van der Waals surface area contributed by atoms with Gasteiger partial charge in [0.2, 0.25) is 0 Å². The van der Waals surface area contributed by atoms with Crippen molar-refractivity contribution in [1.82, 2.24) is 15.0 Å². The Bertz CT molecular complexity index is 556. The second-order valence-corrected chi connectivity index (χ2v) is 3.86. The second-order valence-electron chi connectivity index (χ2n) is 3.45. The van der Waals surface area contributed by atoms with E-state index in [-0.39, 0.29) is 6.61 Å². The van der Waals surface area contributed by atoms with Crippen LogP contribution in [0.4, 0.5) is 0 Å². The number of aliphatic hydroxyl groups excluding tert-OH is 1. The van der Waals surface area contributed by atoms with Crippen molar-refractivity contribution in [3.05, 3.63) is 29.0 Å². The zero-order valence-corrected chi connectivity index (χ0v) is 10.7. The molecule has 18 heavy (non-hydrogen) atoms. The highest BCUT2D eigenvalue weighted by Crippen LogP contribution is 2.34. The lowest BCUT2D eigenvalue weighted by atomic mass is 10.2. The molecule has 0 aliphatic rings. The molecule has 1 heterocycles. The van der Waals surface area contributed by atoms with Crippen LogP contribution < -0.4 is 9.47 Å². The van der Waals surface area contributed by atoms with E-state index in [1.54, 1.807) is 12.1 Å². The molecule has 0 bridgehead atoms. The molecule has 2 rings (SSSR count). The van der Waals surface area contributed by atoms with Crippen molar-refractivity contribution in [1.29, 1.82) is 0 Å². The molecule has 1 aromatic heterocycles. The highest BCUT2D eigenvalue weighted by molar-refractivity contribution is 6.32. The average Bonchev–Trinajstić information content (AvgIpc) is 2.86. The quantitative estimate of drug-likeness (QED) is 0.909. The van der Waals surface area contributed by atoms with Gasteiger partial charge in [-0.25, -0.2) is 4.68 Å². The van der Waals surface area contributed by atoms with Crippen molar-refractivity contribution < 1.29 is 14.6 Å². The van der Waals surface area contributed by atoms with Crippen LogP contribution in [0, 0.1) is 0 Å². The minimum atomic E-state index is -0.179. The molecule has 0 radical (unpaired) electrons. The zero-order chi connectivity index (χ0) is 13.1. The molecule has 1 aromatic carbocycles. The molecule has 0 aliphatic heterocycles. The van der Waals surface area contributed by atoms with Crippen LogP contribution in [0.1, 0.15) is 5.69 Å². The minimum absolute atomic E-state index is 0.179. The van der Waals surface area contributed by atoms with Crippen molar-refractivity contribution in [3.63, 3.8) is 0 Å². The van der Waals surface area contributed by atoms with Gasteiger partial charge >= 0.3 is 0 Å². The molecule has 0 amide bonds. The molecule has 2 aromatic rings. The predicted molar refractivity (Wildman–Crippen MR) is 65.4 cm³/mol. The highest BCUT2D eigenvalue weighted by Gasteiger charge is 2.14. The first-order chi connectivity index (χ1) is 8.71. The van der Waals surface area contributed by atoms with Gasteiger partial charge in [-0.05, 0) is 0 Å². The Hall–Kier alpha value is -1.79. The summed E-state index contributed by atoms with van der Waals surface area (Å²) in [5.74, 6) is 1.01. The van der Waals surface area contributed by atoms with Crippen LogP contribution in [-0.2, 0) is 6.61 Å². The van der Waals surface area contributed by atoms with Crippen molar-refractivity contribution in [2.75, 3.05) is 14.2 Å². The summed E-state index contributed by atoms with van der Waals surface area (Å²) < 4.78 is 11.9. The van der Waals surface area contributed by atoms with E-state index < -0.39 is 0 Å². The Morgan fingerprint density at radius 3 is 2.61 bits per heavy atom. The fourth-order valence-electron chi connectivity index (χ4n) is 1.58. The summed E-state index contributed by atoms with van der Waals surface area (Å²) in [5.41, 5.74) is 1.14. The fourth-order valence-corrected chi connectivity index (χ4v) is 1.81. The number of nitrogens with zero attached hydrogens (tertiary/aromatic N) is 3. The molecule has 0 saturated heterocycles. The summed E-state index contributed by atoms with van der Waals surface area (Å²) in [6.45, 7) is -0.179. The number of aliphatic hydroxyl groups is 1. The molecule has 0 spiro atoms. The number of hydrogen-bond acceptors (Lipinski definition) is 5. The maximum atomic E-state index is 9.21. The number of benzene rings is 1. The van der Waals surface area contributed by atoms with Crippen molar-refractivity contribution in [2.45, 2.75) is 6.61 Å². The summed E-state index contributed by atoms with van der Waals surface area (Å²) >= 11 is 6.02. The first kappa shape index (κ1) is 12.7. The summed E-state index contributed by atoms with van der Waals surface area (Å²) in [6.07, 6.45) is 1.47. The topological polar surface area (TPSA) is 69.4 Å². The van der Waals surface area contributed by atoms with Gasteiger partial charge < -0.3 is 14.6 Å². The third-order valence-electron chi connectivity index (χ3n) is 2.46. The van der Waals surface area contributed by atoms with Gasteiger partial charge in [-0.3, -0.25) is 0 Å². The van der Waals surface area contributed by atoms with Crippen LogP contribution >= 0.6 is 11.6 Å². The van der Waals surface area contributed by atoms with Crippen LogP contribution in [0.3, 0.4) is 0 Å². The van der Waals surface area contributed by atoms with Gasteiger partial charge in [-0.2, -0.15) is 0 Å². The number of halogens is 1. The summed E-state index contributed by atoms with van der Waals surface area (Å²) in [5, 5.41) is 17.3. The maximum absolute atomic E-state index is 9.21. The molecule has 0 fully saturated rings. The van der Waals surface area contributed by atoms with Crippen molar-refractivity contribution in [3.8, 4) is 17.2 Å². The summed E-state index contributed by atoms with van der Waals surface area (Å²) in [4.78, 5) is 0. The van der Waals surface area contributed by atoms with E-state index in [9.17, 15) is 5.11 Å². The third kappa shape index (κ3) is 2.12. The van der Waals surface area contributed by atoms with E-state index in [1.165, 1.54) is 25.1 Å². The van der Waals surface area contributed by atoms with Gasteiger partial charge in [0.1, 0.15) is 17.2 Å². The van der Waals surface area contributed by atoms with Crippen LogP contribution in [-0.4, -0.2) is 34.3 Å². The minimum Gasteiger partial charge on any atom is -0.495 e. The van der Waals surface area contributed by atoms with Gasteiger partial charge in [0.15, 0.2) is 0 Å². The average molecular weight is 270 g/mol. The number of rotatable bonds is 4.